The molecular formula is C11H20N4. The van der Waals surface area contributed by atoms with Crippen LogP contribution in [0.4, 0.5) is 5.82 Å². The zero-order valence-electron chi connectivity index (χ0n) is 10.1. The second-order valence-electron chi connectivity index (χ2n) is 5.97. The second kappa shape index (κ2) is 2.76. The van der Waals surface area contributed by atoms with Gasteiger partial charge in [0, 0.05) is 11.6 Å². The number of fused-ring (bicyclic) bond motifs is 1. The van der Waals surface area contributed by atoms with E-state index in [1.165, 1.54) is 0 Å². The highest BCUT2D eigenvalue weighted by atomic mass is 15.2. The summed E-state index contributed by atoms with van der Waals surface area (Å²) in [5.41, 5.74) is 8.26. The summed E-state index contributed by atoms with van der Waals surface area (Å²) in [7, 11) is 0. The van der Waals surface area contributed by atoms with E-state index in [2.05, 4.69) is 50.1 Å². The van der Waals surface area contributed by atoms with Crippen molar-refractivity contribution in [1.29, 1.82) is 0 Å². The second-order valence-corrected chi connectivity index (χ2v) is 5.97. The Hall–Kier alpha value is -1.03. The third kappa shape index (κ3) is 1.44. The van der Waals surface area contributed by atoms with Crippen LogP contribution in [0.2, 0.25) is 0 Å². The lowest BCUT2D eigenvalue weighted by Crippen LogP contribution is -2.37. The minimum Gasteiger partial charge on any atom is -0.382 e. The molecule has 4 nitrogen and oxygen atoms in total. The summed E-state index contributed by atoms with van der Waals surface area (Å²) in [5, 5.41) is 10.8. The SMILES string of the molecule is CC1(C)NC(C(C)(C)C)c2c(N)n[nH]c21. The van der Waals surface area contributed by atoms with Crippen LogP contribution in [-0.2, 0) is 5.54 Å². The van der Waals surface area contributed by atoms with Gasteiger partial charge in [-0.15, -0.1) is 0 Å². The maximum atomic E-state index is 5.92. The highest BCUT2D eigenvalue weighted by Gasteiger charge is 2.44. The number of hydrogen-bond donors (Lipinski definition) is 3. The molecule has 1 aromatic heterocycles. The van der Waals surface area contributed by atoms with Crippen LogP contribution in [0.3, 0.4) is 0 Å². The molecule has 0 spiro atoms. The average Bonchev–Trinajstić information content (AvgIpc) is 2.52. The zero-order valence-corrected chi connectivity index (χ0v) is 10.1. The lowest BCUT2D eigenvalue weighted by molar-refractivity contribution is 0.241. The van der Waals surface area contributed by atoms with E-state index >= 15 is 0 Å². The van der Waals surface area contributed by atoms with Crippen LogP contribution in [-0.4, -0.2) is 10.2 Å². The first-order valence-corrected chi connectivity index (χ1v) is 5.35. The molecule has 1 aromatic rings. The smallest absolute Gasteiger partial charge is 0.150 e. The molecule has 2 heterocycles. The minimum atomic E-state index is -0.0715. The Labute approximate surface area is 90.6 Å². The number of rotatable bonds is 0. The molecule has 4 N–H and O–H groups in total. The molecule has 1 atom stereocenters. The van der Waals surface area contributed by atoms with Crippen LogP contribution >= 0.6 is 0 Å². The third-order valence-electron chi connectivity index (χ3n) is 3.12. The van der Waals surface area contributed by atoms with Crippen molar-refractivity contribution in [1.82, 2.24) is 15.5 Å². The van der Waals surface area contributed by atoms with Crippen molar-refractivity contribution >= 4 is 5.82 Å². The predicted octanol–water partition coefficient (Wildman–Crippen LogP) is 1.92. The first kappa shape index (κ1) is 10.5. The zero-order chi connectivity index (χ0) is 11.4. The maximum Gasteiger partial charge on any atom is 0.150 e. The van der Waals surface area contributed by atoms with Gasteiger partial charge in [0.1, 0.15) is 5.82 Å². The monoisotopic (exact) mass is 208 g/mol. The van der Waals surface area contributed by atoms with Crippen LogP contribution in [0.5, 0.6) is 0 Å². The van der Waals surface area contributed by atoms with E-state index < -0.39 is 0 Å². The minimum absolute atomic E-state index is 0.0715. The summed E-state index contributed by atoms with van der Waals surface area (Å²) in [5.74, 6) is 0.628. The Kier molecular flexibility index (Phi) is 1.93. The van der Waals surface area contributed by atoms with Gasteiger partial charge in [-0.3, -0.25) is 10.4 Å². The standard InChI is InChI=1S/C11H20N4/c1-10(2,3)7-6-8(11(4,5)13-7)14-15-9(6)12/h7,13H,1-5H3,(H3,12,14,15). The molecular weight excluding hydrogens is 188 g/mol. The summed E-state index contributed by atoms with van der Waals surface area (Å²) < 4.78 is 0. The van der Waals surface area contributed by atoms with Crippen molar-refractivity contribution in [2.24, 2.45) is 5.41 Å². The molecule has 0 aromatic carbocycles. The number of nitrogens with two attached hydrogens (primary N) is 1. The number of aromatic amines is 1. The molecule has 0 saturated carbocycles. The molecule has 0 bridgehead atoms. The van der Waals surface area contributed by atoms with Gasteiger partial charge in [0.05, 0.1) is 11.2 Å². The third-order valence-corrected chi connectivity index (χ3v) is 3.12. The molecule has 84 valence electrons. The summed E-state index contributed by atoms with van der Waals surface area (Å²) in [6, 6.07) is 0.265. The van der Waals surface area contributed by atoms with Crippen molar-refractivity contribution in [2.75, 3.05) is 5.73 Å². The molecule has 15 heavy (non-hydrogen) atoms. The summed E-state index contributed by atoms with van der Waals surface area (Å²) in [6.45, 7) is 10.9. The molecule has 0 amide bonds. The fourth-order valence-corrected chi connectivity index (χ4v) is 2.29. The van der Waals surface area contributed by atoms with Gasteiger partial charge < -0.3 is 5.73 Å². The van der Waals surface area contributed by atoms with Gasteiger partial charge in [0.15, 0.2) is 0 Å². The van der Waals surface area contributed by atoms with Crippen molar-refractivity contribution in [3.05, 3.63) is 11.3 Å². The van der Waals surface area contributed by atoms with Gasteiger partial charge in [0.2, 0.25) is 0 Å². The van der Waals surface area contributed by atoms with E-state index in [0.29, 0.717) is 5.82 Å². The van der Waals surface area contributed by atoms with Crippen molar-refractivity contribution in [2.45, 2.75) is 46.2 Å². The number of anilines is 1. The summed E-state index contributed by atoms with van der Waals surface area (Å²) in [6.07, 6.45) is 0. The number of nitrogen functional groups attached to an aromatic ring is 1. The Morgan fingerprint density at radius 2 is 1.93 bits per heavy atom. The molecule has 0 radical (unpaired) electrons. The number of nitrogens with one attached hydrogen (secondary N) is 2. The largest absolute Gasteiger partial charge is 0.382 e. The first-order chi connectivity index (χ1) is 6.73. The van der Waals surface area contributed by atoms with Crippen LogP contribution in [0, 0.1) is 5.41 Å². The lowest BCUT2D eigenvalue weighted by atomic mass is 9.84. The van der Waals surface area contributed by atoms with Crippen molar-refractivity contribution < 1.29 is 0 Å². The fourth-order valence-electron chi connectivity index (χ4n) is 2.29. The molecule has 2 rings (SSSR count). The maximum absolute atomic E-state index is 5.92. The van der Waals surface area contributed by atoms with Gasteiger partial charge in [-0.1, -0.05) is 20.8 Å². The van der Waals surface area contributed by atoms with Gasteiger partial charge in [-0.2, -0.15) is 5.10 Å². The summed E-state index contributed by atoms with van der Waals surface area (Å²) >= 11 is 0. The number of nitrogens with zero attached hydrogens (tertiary/aromatic N) is 1. The first-order valence-electron chi connectivity index (χ1n) is 5.35. The van der Waals surface area contributed by atoms with Crippen LogP contribution in [0.25, 0.3) is 0 Å². The van der Waals surface area contributed by atoms with E-state index in [0.717, 1.165) is 11.3 Å². The quantitative estimate of drug-likeness (QED) is 0.610. The van der Waals surface area contributed by atoms with Crippen molar-refractivity contribution in [3.8, 4) is 0 Å². The van der Waals surface area contributed by atoms with Gasteiger partial charge >= 0.3 is 0 Å². The molecule has 1 aliphatic rings. The Morgan fingerprint density at radius 3 is 2.47 bits per heavy atom. The summed E-state index contributed by atoms with van der Waals surface area (Å²) in [4.78, 5) is 0. The number of H-pyrrole nitrogens is 1. The molecule has 0 saturated heterocycles. The number of hydrogen-bond acceptors (Lipinski definition) is 3. The van der Waals surface area contributed by atoms with Gasteiger partial charge in [0.25, 0.3) is 0 Å². The molecule has 0 fully saturated rings. The topological polar surface area (TPSA) is 66.7 Å². The van der Waals surface area contributed by atoms with Gasteiger partial charge in [-0.25, -0.2) is 0 Å². The van der Waals surface area contributed by atoms with Crippen molar-refractivity contribution in [3.63, 3.8) is 0 Å². The van der Waals surface area contributed by atoms with Crippen LogP contribution < -0.4 is 11.1 Å². The van der Waals surface area contributed by atoms with E-state index in [1.807, 2.05) is 0 Å². The Morgan fingerprint density at radius 1 is 1.33 bits per heavy atom. The lowest BCUT2D eigenvalue weighted by Gasteiger charge is -2.30. The van der Waals surface area contributed by atoms with E-state index in [1.54, 1.807) is 0 Å². The van der Waals surface area contributed by atoms with E-state index in [9.17, 15) is 0 Å². The van der Waals surface area contributed by atoms with E-state index in [4.69, 9.17) is 5.73 Å². The molecule has 1 aliphatic heterocycles. The Bertz CT molecular complexity index is 384. The molecule has 1 unspecified atom stereocenters. The van der Waals surface area contributed by atoms with Crippen LogP contribution in [0.15, 0.2) is 0 Å². The Balaban J connectivity index is 2.54. The highest BCUT2D eigenvalue weighted by Crippen LogP contribution is 2.46. The fraction of sp³-hybridized carbons (Fsp3) is 0.727. The number of aromatic nitrogens is 2. The normalized spacial score (nSPS) is 24.2. The molecule has 4 heteroatoms. The average molecular weight is 208 g/mol. The predicted molar refractivity (Wildman–Crippen MR) is 61.4 cm³/mol. The van der Waals surface area contributed by atoms with Gasteiger partial charge in [-0.05, 0) is 19.3 Å². The molecule has 0 aliphatic carbocycles. The van der Waals surface area contributed by atoms with E-state index in [-0.39, 0.29) is 17.0 Å². The highest BCUT2D eigenvalue weighted by molar-refractivity contribution is 5.50. The van der Waals surface area contributed by atoms with Crippen LogP contribution in [0.1, 0.15) is 51.9 Å².